The number of amides is 2. The fourth-order valence-corrected chi connectivity index (χ4v) is 5.83. The lowest BCUT2D eigenvalue weighted by atomic mass is 10.1. The van der Waals surface area contributed by atoms with E-state index in [0.717, 1.165) is 5.56 Å². The number of pyridine rings is 1. The molecule has 5 rings (SSSR count). The Kier molecular flexibility index (Phi) is 7.55. The van der Waals surface area contributed by atoms with Crippen LogP contribution < -0.4 is 19.7 Å². The maximum Gasteiger partial charge on any atom is 0.267 e. The maximum atomic E-state index is 13.5. The molecule has 10 heteroatoms. The largest absolute Gasteiger partial charge is 0.476 e. The standard InChI is InChI=1S/C29H26N4O5S/c34-28(31-18-22-11-8-16-30-17-22)23-12-4-5-13-24(23)32-29(35)27-19-33(25-14-6-7-15-26(25)38-27)39(36,37)20-21-9-2-1-3-10-21/h1-17,27H,18-20H2,(H,31,34)(H,32,35)/t27-/m0/s1. The van der Waals surface area contributed by atoms with Crippen LogP contribution in [0.5, 0.6) is 5.75 Å². The molecule has 0 fully saturated rings. The highest BCUT2D eigenvalue weighted by Crippen LogP contribution is 2.36. The van der Waals surface area contributed by atoms with Gasteiger partial charge in [0.25, 0.3) is 11.8 Å². The van der Waals surface area contributed by atoms with Gasteiger partial charge in [-0.15, -0.1) is 0 Å². The van der Waals surface area contributed by atoms with E-state index >= 15 is 0 Å². The zero-order valence-corrected chi connectivity index (χ0v) is 21.7. The molecule has 0 aliphatic carbocycles. The summed E-state index contributed by atoms with van der Waals surface area (Å²) in [5.41, 5.74) is 2.38. The SMILES string of the molecule is O=C(NCc1cccnc1)c1ccccc1NC(=O)[C@@H]1CN(S(=O)(=O)Cc2ccccc2)c2ccccc2O1. The summed E-state index contributed by atoms with van der Waals surface area (Å²) in [7, 11) is -3.84. The number of benzene rings is 3. The van der Waals surface area contributed by atoms with Crippen LogP contribution in [-0.2, 0) is 27.1 Å². The van der Waals surface area contributed by atoms with E-state index in [1.807, 2.05) is 12.1 Å². The van der Waals surface area contributed by atoms with Gasteiger partial charge in [0.05, 0.1) is 29.2 Å². The normalized spacial score (nSPS) is 14.6. The Hall–Kier alpha value is -4.70. The second kappa shape index (κ2) is 11.4. The summed E-state index contributed by atoms with van der Waals surface area (Å²) in [6.45, 7) is 0.0547. The summed E-state index contributed by atoms with van der Waals surface area (Å²) < 4.78 is 34.1. The van der Waals surface area contributed by atoms with E-state index in [1.54, 1.807) is 91.3 Å². The molecule has 198 valence electrons. The number of nitrogens with one attached hydrogen (secondary N) is 2. The van der Waals surface area contributed by atoms with Gasteiger partial charge >= 0.3 is 0 Å². The molecule has 0 saturated heterocycles. The predicted octanol–water partition coefficient (Wildman–Crippen LogP) is 3.75. The molecule has 0 saturated carbocycles. The van der Waals surface area contributed by atoms with Crippen molar-refractivity contribution in [3.63, 3.8) is 0 Å². The minimum Gasteiger partial charge on any atom is -0.476 e. The first-order valence-corrected chi connectivity index (χ1v) is 13.9. The number of fused-ring (bicyclic) bond motifs is 1. The van der Waals surface area contributed by atoms with Crippen molar-refractivity contribution in [3.05, 3.63) is 120 Å². The van der Waals surface area contributed by atoms with Crippen molar-refractivity contribution >= 4 is 33.2 Å². The molecular formula is C29H26N4O5S. The van der Waals surface area contributed by atoms with Crippen LogP contribution in [0, 0.1) is 0 Å². The molecule has 1 aliphatic heterocycles. The number of hydrogen-bond acceptors (Lipinski definition) is 6. The van der Waals surface area contributed by atoms with E-state index in [4.69, 9.17) is 4.74 Å². The third-order valence-corrected chi connectivity index (χ3v) is 7.88. The lowest BCUT2D eigenvalue weighted by molar-refractivity contribution is -0.122. The molecule has 1 atom stereocenters. The first-order chi connectivity index (χ1) is 18.9. The van der Waals surface area contributed by atoms with E-state index < -0.39 is 22.0 Å². The van der Waals surface area contributed by atoms with Crippen molar-refractivity contribution in [1.82, 2.24) is 10.3 Å². The van der Waals surface area contributed by atoms with Crippen LogP contribution in [0.2, 0.25) is 0 Å². The summed E-state index contributed by atoms with van der Waals surface area (Å²) in [5.74, 6) is -0.895. The lowest BCUT2D eigenvalue weighted by Gasteiger charge is -2.34. The van der Waals surface area contributed by atoms with Crippen molar-refractivity contribution in [2.75, 3.05) is 16.2 Å². The van der Waals surface area contributed by atoms with Gasteiger partial charge in [-0.1, -0.05) is 60.7 Å². The average Bonchev–Trinajstić information content (AvgIpc) is 2.96. The zero-order valence-electron chi connectivity index (χ0n) is 20.9. The first kappa shape index (κ1) is 25.9. The highest BCUT2D eigenvalue weighted by Gasteiger charge is 2.37. The van der Waals surface area contributed by atoms with Gasteiger partial charge in [0, 0.05) is 18.9 Å². The Bertz CT molecular complexity index is 1580. The third-order valence-electron chi connectivity index (χ3n) is 6.16. The number of aromatic nitrogens is 1. The second-order valence-corrected chi connectivity index (χ2v) is 10.8. The van der Waals surface area contributed by atoms with Gasteiger partial charge in [0.2, 0.25) is 10.0 Å². The van der Waals surface area contributed by atoms with Gasteiger partial charge in [-0.2, -0.15) is 0 Å². The quantitative estimate of drug-likeness (QED) is 0.350. The van der Waals surface area contributed by atoms with Crippen molar-refractivity contribution in [2.45, 2.75) is 18.4 Å². The van der Waals surface area contributed by atoms with Crippen LogP contribution >= 0.6 is 0 Å². The Morgan fingerprint density at radius 1 is 0.897 bits per heavy atom. The average molecular weight is 543 g/mol. The van der Waals surface area contributed by atoms with E-state index in [2.05, 4.69) is 15.6 Å². The van der Waals surface area contributed by atoms with Crippen LogP contribution in [0.25, 0.3) is 0 Å². The topological polar surface area (TPSA) is 118 Å². The van der Waals surface area contributed by atoms with Gasteiger partial charge in [-0.3, -0.25) is 18.9 Å². The number of sulfonamides is 1. The summed E-state index contributed by atoms with van der Waals surface area (Å²) in [6.07, 6.45) is 2.16. The van der Waals surface area contributed by atoms with E-state index in [9.17, 15) is 18.0 Å². The molecular weight excluding hydrogens is 516 g/mol. The fraction of sp³-hybridized carbons (Fsp3) is 0.138. The summed E-state index contributed by atoms with van der Waals surface area (Å²) in [5, 5.41) is 5.58. The first-order valence-electron chi connectivity index (χ1n) is 12.3. The Balaban J connectivity index is 1.34. The molecule has 1 aromatic heterocycles. The second-order valence-electron chi connectivity index (χ2n) is 8.93. The minimum atomic E-state index is -3.84. The molecule has 9 nitrogen and oxygen atoms in total. The molecule has 4 aromatic rings. The van der Waals surface area contributed by atoms with Gasteiger partial charge in [0.1, 0.15) is 5.75 Å². The van der Waals surface area contributed by atoms with Crippen molar-refractivity contribution in [1.29, 1.82) is 0 Å². The number of rotatable bonds is 8. The van der Waals surface area contributed by atoms with Gasteiger partial charge < -0.3 is 15.4 Å². The Morgan fingerprint density at radius 3 is 2.41 bits per heavy atom. The van der Waals surface area contributed by atoms with Crippen LogP contribution in [0.1, 0.15) is 21.5 Å². The molecule has 0 spiro atoms. The number of carbonyl (C=O) groups is 2. The van der Waals surface area contributed by atoms with Gasteiger partial charge in [-0.05, 0) is 41.5 Å². The lowest BCUT2D eigenvalue weighted by Crippen LogP contribution is -2.49. The molecule has 39 heavy (non-hydrogen) atoms. The molecule has 0 bridgehead atoms. The Labute approximate surface area is 226 Å². The monoisotopic (exact) mass is 542 g/mol. The van der Waals surface area contributed by atoms with Gasteiger partial charge in [-0.25, -0.2) is 8.42 Å². The van der Waals surface area contributed by atoms with Crippen LogP contribution in [0.4, 0.5) is 11.4 Å². The van der Waals surface area contributed by atoms with E-state index in [0.29, 0.717) is 11.3 Å². The zero-order chi connectivity index (χ0) is 27.2. The minimum absolute atomic E-state index is 0.215. The van der Waals surface area contributed by atoms with Crippen LogP contribution in [0.3, 0.4) is 0 Å². The fourth-order valence-electron chi connectivity index (χ4n) is 4.25. The number of ether oxygens (including phenoxy) is 1. The maximum absolute atomic E-state index is 13.5. The Morgan fingerprint density at radius 2 is 1.62 bits per heavy atom. The van der Waals surface area contributed by atoms with E-state index in [-0.39, 0.29) is 41.7 Å². The smallest absolute Gasteiger partial charge is 0.267 e. The summed E-state index contributed by atoms with van der Waals surface area (Å²) >= 11 is 0. The number of hydrogen-bond donors (Lipinski definition) is 2. The van der Waals surface area contributed by atoms with E-state index in [1.165, 1.54) is 4.31 Å². The van der Waals surface area contributed by atoms with Crippen molar-refractivity contribution in [3.8, 4) is 5.75 Å². The predicted molar refractivity (Wildman–Crippen MR) is 148 cm³/mol. The molecule has 2 amide bonds. The molecule has 0 unspecified atom stereocenters. The van der Waals surface area contributed by atoms with Crippen molar-refractivity contribution in [2.24, 2.45) is 0 Å². The van der Waals surface area contributed by atoms with Gasteiger partial charge in [0.15, 0.2) is 6.10 Å². The number of carbonyl (C=O) groups excluding carboxylic acids is 2. The highest BCUT2D eigenvalue weighted by molar-refractivity contribution is 7.92. The molecule has 2 heterocycles. The number of para-hydroxylation sites is 3. The number of anilines is 2. The summed E-state index contributed by atoms with van der Waals surface area (Å²) in [4.78, 5) is 30.3. The molecule has 0 radical (unpaired) electrons. The molecule has 2 N–H and O–H groups in total. The summed E-state index contributed by atoms with van der Waals surface area (Å²) in [6, 6.07) is 25.8. The highest BCUT2D eigenvalue weighted by atomic mass is 32.2. The number of nitrogens with zero attached hydrogens (tertiary/aromatic N) is 2. The van der Waals surface area contributed by atoms with Crippen LogP contribution in [-0.4, -0.2) is 37.9 Å². The third kappa shape index (κ3) is 6.07. The molecule has 3 aromatic carbocycles. The van der Waals surface area contributed by atoms with Crippen molar-refractivity contribution < 1.29 is 22.7 Å². The molecule has 1 aliphatic rings. The van der Waals surface area contributed by atoms with Crippen LogP contribution in [0.15, 0.2) is 103 Å².